The number of amidine groups is 1. The first-order valence-corrected chi connectivity index (χ1v) is 5.59. The molecule has 1 aromatic rings. The van der Waals surface area contributed by atoms with Gasteiger partial charge in [0.2, 0.25) is 0 Å². The van der Waals surface area contributed by atoms with Gasteiger partial charge in [-0.25, -0.2) is 4.39 Å². The van der Waals surface area contributed by atoms with Crippen LogP contribution in [0.1, 0.15) is 5.56 Å². The van der Waals surface area contributed by atoms with Crippen molar-refractivity contribution in [2.24, 2.45) is 10.9 Å². The molecule has 0 aromatic heterocycles. The van der Waals surface area contributed by atoms with Crippen LogP contribution in [0.5, 0.6) is 0 Å². The summed E-state index contributed by atoms with van der Waals surface area (Å²) in [5.41, 5.74) is 6.25. The number of rotatable bonds is 5. The lowest BCUT2D eigenvalue weighted by Gasteiger charge is -2.22. The summed E-state index contributed by atoms with van der Waals surface area (Å²) in [6, 6.07) is 4.51. The highest BCUT2D eigenvalue weighted by Gasteiger charge is 2.10. The van der Waals surface area contributed by atoms with E-state index >= 15 is 0 Å². The number of hydrogen-bond donors (Lipinski definition) is 2. The normalized spacial score (nSPS) is 11.9. The summed E-state index contributed by atoms with van der Waals surface area (Å²) >= 11 is 0. The van der Waals surface area contributed by atoms with Crippen LogP contribution in [0.3, 0.4) is 0 Å². The lowest BCUT2D eigenvalue weighted by molar-refractivity contribution is 0.318. The van der Waals surface area contributed by atoms with E-state index in [0.717, 1.165) is 6.54 Å². The maximum Gasteiger partial charge on any atom is 0.170 e. The van der Waals surface area contributed by atoms with Crippen molar-refractivity contribution in [2.75, 3.05) is 39.1 Å². The van der Waals surface area contributed by atoms with E-state index in [0.29, 0.717) is 17.8 Å². The number of benzene rings is 1. The van der Waals surface area contributed by atoms with Crippen LogP contribution in [0.2, 0.25) is 0 Å². The number of hydrogen-bond acceptors (Lipinski definition) is 4. The molecule has 0 aliphatic carbocycles. The van der Waals surface area contributed by atoms with Crippen molar-refractivity contribution in [3.8, 4) is 0 Å². The quantitative estimate of drug-likeness (QED) is 0.355. The lowest BCUT2D eigenvalue weighted by Crippen LogP contribution is -2.29. The highest BCUT2D eigenvalue weighted by atomic mass is 19.1. The molecule has 0 fully saturated rings. The molecule has 6 heteroatoms. The second-order valence-corrected chi connectivity index (χ2v) is 4.38. The molecule has 18 heavy (non-hydrogen) atoms. The molecule has 0 amide bonds. The number of oxime groups is 1. The van der Waals surface area contributed by atoms with Crippen LogP contribution in [0.15, 0.2) is 23.4 Å². The highest BCUT2D eigenvalue weighted by molar-refractivity contribution is 5.97. The van der Waals surface area contributed by atoms with Crippen LogP contribution >= 0.6 is 0 Å². The molecule has 0 saturated heterocycles. The Labute approximate surface area is 106 Å². The Morgan fingerprint density at radius 3 is 2.50 bits per heavy atom. The molecule has 0 bridgehead atoms. The minimum absolute atomic E-state index is 0.101. The number of nitrogens with zero attached hydrogens (tertiary/aromatic N) is 3. The van der Waals surface area contributed by atoms with Crippen molar-refractivity contribution < 1.29 is 9.60 Å². The molecule has 0 unspecified atom stereocenters. The third kappa shape index (κ3) is 3.59. The zero-order valence-corrected chi connectivity index (χ0v) is 10.9. The standard InChI is InChI=1S/C12H19FN4O/c1-16(2)6-7-17(3)11-5-4-9(8-10(11)13)12(14)15-18/h4-5,8,18H,6-7H2,1-3H3,(H2,14,15). The zero-order valence-electron chi connectivity index (χ0n) is 10.9. The molecular weight excluding hydrogens is 235 g/mol. The van der Waals surface area contributed by atoms with Gasteiger partial charge in [0, 0.05) is 25.7 Å². The van der Waals surface area contributed by atoms with Gasteiger partial charge < -0.3 is 20.7 Å². The second kappa shape index (κ2) is 6.20. The highest BCUT2D eigenvalue weighted by Crippen LogP contribution is 2.19. The first-order valence-electron chi connectivity index (χ1n) is 5.59. The van der Waals surface area contributed by atoms with Crippen LogP contribution in [0, 0.1) is 5.82 Å². The smallest absolute Gasteiger partial charge is 0.170 e. The summed E-state index contributed by atoms with van der Waals surface area (Å²) in [5.74, 6) is -0.489. The topological polar surface area (TPSA) is 65.1 Å². The predicted octanol–water partition coefficient (Wildman–Crippen LogP) is 0.918. The molecule has 0 radical (unpaired) electrons. The van der Waals surface area contributed by atoms with Gasteiger partial charge in [0.1, 0.15) is 5.82 Å². The molecule has 1 aromatic carbocycles. The van der Waals surface area contributed by atoms with Crippen molar-refractivity contribution in [3.05, 3.63) is 29.6 Å². The van der Waals surface area contributed by atoms with Crippen LogP contribution < -0.4 is 10.6 Å². The largest absolute Gasteiger partial charge is 0.409 e. The minimum Gasteiger partial charge on any atom is -0.409 e. The molecule has 5 nitrogen and oxygen atoms in total. The van der Waals surface area contributed by atoms with Crippen molar-refractivity contribution in [2.45, 2.75) is 0 Å². The van der Waals surface area contributed by atoms with Crippen molar-refractivity contribution in [1.82, 2.24) is 4.90 Å². The third-order valence-electron chi connectivity index (χ3n) is 2.65. The van der Waals surface area contributed by atoms with Crippen molar-refractivity contribution in [1.29, 1.82) is 0 Å². The van der Waals surface area contributed by atoms with E-state index in [1.54, 1.807) is 12.1 Å². The first-order chi connectivity index (χ1) is 8.45. The molecule has 0 aliphatic rings. The van der Waals surface area contributed by atoms with E-state index in [9.17, 15) is 4.39 Å². The van der Waals surface area contributed by atoms with Gasteiger partial charge in [-0.3, -0.25) is 0 Å². The van der Waals surface area contributed by atoms with E-state index in [-0.39, 0.29) is 11.7 Å². The van der Waals surface area contributed by atoms with Gasteiger partial charge in [-0.1, -0.05) is 5.16 Å². The SMILES string of the molecule is CN(C)CCN(C)c1ccc(C(N)=NO)cc1F. The van der Waals surface area contributed by atoms with E-state index in [2.05, 4.69) is 5.16 Å². The predicted molar refractivity (Wildman–Crippen MR) is 70.7 cm³/mol. The third-order valence-corrected chi connectivity index (χ3v) is 2.65. The average Bonchev–Trinajstić information content (AvgIpc) is 2.34. The summed E-state index contributed by atoms with van der Waals surface area (Å²) in [7, 11) is 5.75. The number of halogens is 1. The Kier molecular flexibility index (Phi) is 4.91. The fourth-order valence-electron chi connectivity index (χ4n) is 1.50. The Balaban J connectivity index is 2.85. The molecule has 0 atom stereocenters. The summed E-state index contributed by atoms with van der Waals surface area (Å²) in [4.78, 5) is 3.85. The molecule has 100 valence electrons. The lowest BCUT2D eigenvalue weighted by atomic mass is 10.1. The fourth-order valence-corrected chi connectivity index (χ4v) is 1.50. The van der Waals surface area contributed by atoms with Crippen LogP contribution in [0.4, 0.5) is 10.1 Å². The van der Waals surface area contributed by atoms with Crippen molar-refractivity contribution in [3.63, 3.8) is 0 Å². The van der Waals surface area contributed by atoms with Gasteiger partial charge in [0.25, 0.3) is 0 Å². The Bertz CT molecular complexity index is 434. The minimum atomic E-state index is -0.389. The number of nitrogens with two attached hydrogens (primary N) is 1. The van der Waals surface area contributed by atoms with Gasteiger partial charge in [0.05, 0.1) is 5.69 Å². The van der Waals surface area contributed by atoms with Gasteiger partial charge >= 0.3 is 0 Å². The van der Waals surface area contributed by atoms with Gasteiger partial charge in [-0.2, -0.15) is 0 Å². The Morgan fingerprint density at radius 1 is 1.33 bits per heavy atom. The maximum absolute atomic E-state index is 13.9. The van der Waals surface area contributed by atoms with E-state index in [1.807, 2.05) is 30.9 Å². The van der Waals surface area contributed by atoms with Crippen LogP contribution in [0.25, 0.3) is 0 Å². The van der Waals surface area contributed by atoms with Crippen molar-refractivity contribution >= 4 is 11.5 Å². The number of anilines is 1. The molecule has 3 N–H and O–H groups in total. The van der Waals surface area contributed by atoms with Crippen LogP contribution in [-0.2, 0) is 0 Å². The Morgan fingerprint density at radius 2 is 2.00 bits per heavy atom. The first kappa shape index (κ1) is 14.2. The second-order valence-electron chi connectivity index (χ2n) is 4.38. The van der Waals surface area contributed by atoms with E-state index < -0.39 is 0 Å². The average molecular weight is 254 g/mol. The maximum atomic E-state index is 13.9. The molecular formula is C12H19FN4O. The van der Waals surface area contributed by atoms with E-state index in [4.69, 9.17) is 10.9 Å². The summed E-state index contributed by atoms with van der Waals surface area (Å²) < 4.78 is 13.9. The summed E-state index contributed by atoms with van der Waals surface area (Å²) in [6.45, 7) is 1.55. The van der Waals surface area contributed by atoms with E-state index in [1.165, 1.54) is 6.07 Å². The Hall–Kier alpha value is -1.82. The van der Waals surface area contributed by atoms with Gasteiger partial charge in [0.15, 0.2) is 5.84 Å². The monoisotopic (exact) mass is 254 g/mol. The van der Waals surface area contributed by atoms with Gasteiger partial charge in [-0.15, -0.1) is 0 Å². The number of likely N-dealkylation sites (N-methyl/N-ethyl adjacent to an activating group) is 2. The van der Waals surface area contributed by atoms with Crippen LogP contribution in [-0.4, -0.2) is 50.2 Å². The fraction of sp³-hybridized carbons (Fsp3) is 0.417. The zero-order chi connectivity index (χ0) is 13.7. The van der Waals surface area contributed by atoms with Gasteiger partial charge in [-0.05, 0) is 32.3 Å². The molecule has 0 heterocycles. The molecule has 0 aliphatic heterocycles. The summed E-state index contributed by atoms with van der Waals surface area (Å²) in [5, 5.41) is 11.4. The summed E-state index contributed by atoms with van der Waals surface area (Å²) in [6.07, 6.45) is 0. The molecule has 1 rings (SSSR count). The molecule has 0 spiro atoms. The molecule has 0 saturated carbocycles.